The maximum Gasteiger partial charge on any atom is 0.0434 e. The van der Waals surface area contributed by atoms with Crippen molar-refractivity contribution in [3.8, 4) is 0 Å². The molecular formula is C28H28S. The molecule has 2 aliphatic carbocycles. The Labute approximate surface area is 176 Å². The Morgan fingerprint density at radius 1 is 0.724 bits per heavy atom. The minimum atomic E-state index is -1.10. The highest BCUT2D eigenvalue weighted by molar-refractivity contribution is 8.36. The van der Waals surface area contributed by atoms with Crippen LogP contribution in [0.2, 0.25) is 0 Å². The molecule has 0 saturated heterocycles. The number of hydrogen-bond acceptors (Lipinski definition) is 0. The summed E-state index contributed by atoms with van der Waals surface area (Å²) in [6.45, 7) is 4.76. The molecular weight excluding hydrogens is 368 g/mol. The third kappa shape index (κ3) is 2.75. The predicted molar refractivity (Wildman–Crippen MR) is 130 cm³/mol. The molecule has 2 aliphatic rings. The Kier molecular flexibility index (Phi) is 4.33. The lowest BCUT2D eigenvalue weighted by molar-refractivity contribution is 0.968. The van der Waals surface area contributed by atoms with E-state index in [0.717, 1.165) is 0 Å². The second kappa shape index (κ2) is 6.78. The van der Waals surface area contributed by atoms with E-state index in [2.05, 4.69) is 111 Å². The summed E-state index contributed by atoms with van der Waals surface area (Å²) < 4.78 is 0. The van der Waals surface area contributed by atoms with Gasteiger partial charge in [0.2, 0.25) is 0 Å². The molecule has 0 bridgehead atoms. The standard InChI is InChI=1S/C28H28S/c1-19-23-15-10-11-16-24(23)20(2)27(19)29(3,4)28-25-17-9-8-14-22(25)18-26(28)21-12-6-5-7-13-21/h5-19,28H,1-4H3. The first-order valence-corrected chi connectivity index (χ1v) is 12.9. The Hall–Kier alpha value is -2.51. The van der Waals surface area contributed by atoms with Crippen LogP contribution >= 0.6 is 10.0 Å². The molecule has 0 radical (unpaired) electrons. The van der Waals surface area contributed by atoms with E-state index >= 15 is 0 Å². The van der Waals surface area contributed by atoms with Crippen molar-refractivity contribution in [2.45, 2.75) is 25.0 Å². The molecule has 0 fully saturated rings. The van der Waals surface area contributed by atoms with Gasteiger partial charge in [-0.1, -0.05) is 85.8 Å². The lowest BCUT2D eigenvalue weighted by Crippen LogP contribution is -2.13. The van der Waals surface area contributed by atoms with Crippen LogP contribution in [-0.4, -0.2) is 12.5 Å². The zero-order valence-electron chi connectivity index (χ0n) is 17.6. The first-order valence-electron chi connectivity index (χ1n) is 10.4. The second-order valence-electron chi connectivity index (χ2n) is 8.68. The predicted octanol–water partition coefficient (Wildman–Crippen LogP) is 7.89. The Bertz CT molecular complexity index is 1150. The third-order valence-corrected chi connectivity index (χ3v) is 10.2. The van der Waals surface area contributed by atoms with Crippen molar-refractivity contribution in [3.05, 3.63) is 112 Å². The largest absolute Gasteiger partial charge is 0.212 e. The van der Waals surface area contributed by atoms with Gasteiger partial charge < -0.3 is 0 Å². The van der Waals surface area contributed by atoms with Gasteiger partial charge in [0, 0.05) is 11.2 Å². The van der Waals surface area contributed by atoms with Crippen LogP contribution in [0, 0.1) is 0 Å². The summed E-state index contributed by atoms with van der Waals surface area (Å²) >= 11 is 0. The fourth-order valence-electron chi connectivity index (χ4n) is 5.58. The van der Waals surface area contributed by atoms with E-state index in [1.54, 1.807) is 4.91 Å². The van der Waals surface area contributed by atoms with E-state index in [0.29, 0.717) is 11.2 Å². The Morgan fingerprint density at radius 2 is 1.34 bits per heavy atom. The number of allylic oxidation sites excluding steroid dienone is 2. The van der Waals surface area contributed by atoms with Gasteiger partial charge in [-0.25, -0.2) is 10.0 Å². The zero-order chi connectivity index (χ0) is 20.2. The van der Waals surface area contributed by atoms with Gasteiger partial charge in [-0.05, 0) is 69.4 Å². The summed E-state index contributed by atoms with van der Waals surface area (Å²) in [7, 11) is -1.10. The fourth-order valence-corrected chi connectivity index (χ4v) is 9.46. The molecule has 0 amide bonds. The fraction of sp³-hybridized carbons (Fsp3) is 0.214. The van der Waals surface area contributed by atoms with E-state index in [-0.39, 0.29) is 0 Å². The van der Waals surface area contributed by atoms with Crippen molar-refractivity contribution in [3.63, 3.8) is 0 Å². The summed E-state index contributed by atoms with van der Waals surface area (Å²) in [4.78, 5) is 1.67. The minimum absolute atomic E-state index is 0.433. The average molecular weight is 397 g/mol. The summed E-state index contributed by atoms with van der Waals surface area (Å²) in [6.07, 6.45) is 7.52. The first-order chi connectivity index (χ1) is 14.0. The van der Waals surface area contributed by atoms with Gasteiger partial charge in [-0.3, -0.25) is 0 Å². The van der Waals surface area contributed by atoms with Crippen LogP contribution < -0.4 is 0 Å². The van der Waals surface area contributed by atoms with Gasteiger partial charge in [0.15, 0.2) is 0 Å². The molecule has 146 valence electrons. The summed E-state index contributed by atoms with van der Waals surface area (Å²) in [5, 5.41) is 0.433. The van der Waals surface area contributed by atoms with Gasteiger partial charge >= 0.3 is 0 Å². The number of hydrogen-bond donors (Lipinski definition) is 0. The number of fused-ring (bicyclic) bond motifs is 2. The van der Waals surface area contributed by atoms with Crippen molar-refractivity contribution in [1.29, 1.82) is 0 Å². The highest BCUT2D eigenvalue weighted by Crippen LogP contribution is 2.72. The monoisotopic (exact) mass is 396 g/mol. The van der Waals surface area contributed by atoms with Crippen LogP contribution in [0.1, 0.15) is 52.8 Å². The molecule has 2 atom stereocenters. The van der Waals surface area contributed by atoms with Crippen molar-refractivity contribution >= 4 is 27.3 Å². The molecule has 0 saturated carbocycles. The lowest BCUT2D eigenvalue weighted by atomic mass is 10.0. The molecule has 0 spiro atoms. The van der Waals surface area contributed by atoms with Crippen LogP contribution in [0.5, 0.6) is 0 Å². The van der Waals surface area contributed by atoms with Crippen LogP contribution in [0.25, 0.3) is 17.2 Å². The molecule has 0 aliphatic heterocycles. The maximum absolute atomic E-state index is 2.54. The van der Waals surface area contributed by atoms with Crippen LogP contribution in [0.3, 0.4) is 0 Å². The van der Waals surface area contributed by atoms with E-state index in [9.17, 15) is 0 Å². The van der Waals surface area contributed by atoms with Crippen LogP contribution in [-0.2, 0) is 0 Å². The topological polar surface area (TPSA) is 0 Å². The van der Waals surface area contributed by atoms with Crippen molar-refractivity contribution in [2.75, 3.05) is 12.5 Å². The maximum atomic E-state index is 2.54. The molecule has 1 heteroatoms. The van der Waals surface area contributed by atoms with Gasteiger partial charge in [0.25, 0.3) is 0 Å². The molecule has 0 N–H and O–H groups in total. The Balaban J connectivity index is 1.69. The summed E-state index contributed by atoms with van der Waals surface area (Å²) in [6, 6.07) is 29.0. The normalized spacial score (nSPS) is 21.0. The van der Waals surface area contributed by atoms with Gasteiger partial charge in [-0.2, -0.15) is 0 Å². The van der Waals surface area contributed by atoms with Crippen LogP contribution in [0.4, 0.5) is 0 Å². The highest BCUT2D eigenvalue weighted by Gasteiger charge is 2.42. The third-order valence-electron chi connectivity index (χ3n) is 6.73. The molecule has 2 unspecified atom stereocenters. The van der Waals surface area contributed by atoms with E-state index in [1.165, 1.54) is 39.0 Å². The molecule has 3 aromatic rings. The van der Waals surface area contributed by atoms with E-state index < -0.39 is 10.0 Å². The molecule has 3 aromatic carbocycles. The smallest absolute Gasteiger partial charge is 0.0434 e. The molecule has 0 nitrogen and oxygen atoms in total. The molecule has 0 heterocycles. The molecule has 29 heavy (non-hydrogen) atoms. The zero-order valence-corrected chi connectivity index (χ0v) is 18.5. The Morgan fingerprint density at radius 3 is 2.07 bits per heavy atom. The van der Waals surface area contributed by atoms with E-state index in [4.69, 9.17) is 0 Å². The van der Waals surface area contributed by atoms with Gasteiger partial charge in [0.1, 0.15) is 0 Å². The van der Waals surface area contributed by atoms with Crippen LogP contribution in [0.15, 0.2) is 83.8 Å². The molecule has 5 rings (SSSR count). The summed E-state index contributed by atoms with van der Waals surface area (Å²) in [5.74, 6) is 0.487. The average Bonchev–Trinajstić information content (AvgIpc) is 3.26. The lowest BCUT2D eigenvalue weighted by Gasteiger charge is -2.44. The SMILES string of the molecule is CC1=C(S(C)(C)C2C(c3ccccc3)=Cc3ccccc32)C(C)c2ccccc21. The molecule has 0 aromatic heterocycles. The quantitative estimate of drug-likeness (QED) is 0.422. The van der Waals surface area contributed by atoms with E-state index in [1.807, 2.05) is 0 Å². The van der Waals surface area contributed by atoms with Crippen molar-refractivity contribution in [1.82, 2.24) is 0 Å². The van der Waals surface area contributed by atoms with Gasteiger partial charge in [-0.15, -0.1) is 0 Å². The number of benzene rings is 3. The second-order valence-corrected chi connectivity index (χ2v) is 12.4. The minimum Gasteiger partial charge on any atom is -0.212 e. The summed E-state index contributed by atoms with van der Waals surface area (Å²) in [5.41, 5.74) is 10.2. The van der Waals surface area contributed by atoms with Crippen molar-refractivity contribution < 1.29 is 0 Å². The highest BCUT2D eigenvalue weighted by atomic mass is 32.3. The number of rotatable bonds is 3. The van der Waals surface area contributed by atoms with Gasteiger partial charge in [0.05, 0.1) is 0 Å². The van der Waals surface area contributed by atoms with Crippen molar-refractivity contribution in [2.24, 2.45) is 0 Å². The first kappa shape index (κ1) is 18.5.